The summed E-state index contributed by atoms with van der Waals surface area (Å²) < 4.78 is 10.5. The molecule has 5 heteroatoms. The predicted octanol–water partition coefficient (Wildman–Crippen LogP) is 0.587. The van der Waals surface area contributed by atoms with Gasteiger partial charge in [-0.25, -0.2) is 0 Å². The molecule has 1 amide bonds. The Morgan fingerprint density at radius 1 is 1.29 bits per heavy atom. The lowest BCUT2D eigenvalue weighted by Crippen LogP contribution is -2.28. The van der Waals surface area contributed by atoms with Crippen LogP contribution in [-0.2, 0) is 11.3 Å². The van der Waals surface area contributed by atoms with Crippen molar-refractivity contribution in [2.24, 2.45) is 5.73 Å². The summed E-state index contributed by atoms with van der Waals surface area (Å²) in [6, 6.07) is 3.79. The molecule has 0 heterocycles. The fourth-order valence-electron chi connectivity index (χ4n) is 1.57. The van der Waals surface area contributed by atoms with E-state index in [0.717, 1.165) is 22.6 Å². The molecule has 17 heavy (non-hydrogen) atoms. The Balaban J connectivity index is 2.84. The highest BCUT2D eigenvalue weighted by molar-refractivity contribution is 5.75. The second-order valence-electron chi connectivity index (χ2n) is 3.70. The van der Waals surface area contributed by atoms with Crippen molar-refractivity contribution < 1.29 is 14.3 Å². The zero-order valence-electron chi connectivity index (χ0n) is 10.4. The molecule has 0 aromatic heterocycles. The number of nitrogens with one attached hydrogen (secondary N) is 1. The molecule has 0 unspecified atom stereocenters. The number of nitrogens with two attached hydrogens (primary N) is 1. The molecule has 1 aromatic carbocycles. The van der Waals surface area contributed by atoms with Crippen molar-refractivity contribution in [3.05, 3.63) is 23.3 Å². The number of rotatable bonds is 6. The molecule has 1 aromatic rings. The van der Waals surface area contributed by atoms with Gasteiger partial charge in [0.05, 0.1) is 20.8 Å². The number of carbonyl (C=O) groups is 1. The van der Waals surface area contributed by atoms with Crippen LogP contribution >= 0.6 is 0 Å². The number of hydrogen-bond donors (Lipinski definition) is 2. The van der Waals surface area contributed by atoms with Crippen LogP contribution in [0, 0.1) is 6.92 Å². The molecule has 0 aliphatic carbocycles. The van der Waals surface area contributed by atoms with Gasteiger partial charge in [0.15, 0.2) is 0 Å². The first kappa shape index (κ1) is 13.3. The first-order chi connectivity index (χ1) is 8.08. The second kappa shape index (κ2) is 6.10. The van der Waals surface area contributed by atoms with E-state index >= 15 is 0 Å². The average Bonchev–Trinajstić information content (AvgIpc) is 2.30. The third kappa shape index (κ3) is 3.64. The van der Waals surface area contributed by atoms with E-state index in [9.17, 15) is 4.79 Å². The Bertz CT molecular complexity index is 405. The predicted molar refractivity (Wildman–Crippen MR) is 65.2 cm³/mol. The average molecular weight is 238 g/mol. The van der Waals surface area contributed by atoms with Crippen molar-refractivity contribution in [3.8, 4) is 11.5 Å². The van der Waals surface area contributed by atoms with Crippen molar-refractivity contribution in [2.75, 3.05) is 20.8 Å². The molecule has 0 aliphatic heterocycles. The summed E-state index contributed by atoms with van der Waals surface area (Å²) >= 11 is 0. The van der Waals surface area contributed by atoms with Crippen molar-refractivity contribution in [1.29, 1.82) is 0 Å². The van der Waals surface area contributed by atoms with Crippen LogP contribution in [0.15, 0.2) is 12.1 Å². The Kier molecular flexibility index (Phi) is 4.78. The molecule has 3 N–H and O–H groups in total. The summed E-state index contributed by atoms with van der Waals surface area (Å²) in [6.45, 7) is 2.59. The summed E-state index contributed by atoms with van der Waals surface area (Å²) in [7, 11) is 3.23. The van der Waals surface area contributed by atoms with Gasteiger partial charge >= 0.3 is 0 Å². The molecule has 5 nitrogen and oxygen atoms in total. The van der Waals surface area contributed by atoms with E-state index in [1.165, 1.54) is 0 Å². The number of methoxy groups -OCH3 is 2. The van der Waals surface area contributed by atoms with E-state index in [1.54, 1.807) is 14.2 Å². The molecule has 0 saturated heterocycles. The molecule has 0 fully saturated rings. The van der Waals surface area contributed by atoms with Gasteiger partial charge in [-0.3, -0.25) is 4.79 Å². The van der Waals surface area contributed by atoms with Gasteiger partial charge in [-0.05, 0) is 24.6 Å². The maximum atomic E-state index is 10.6. The minimum absolute atomic E-state index is 0.138. The number of benzene rings is 1. The molecule has 0 spiro atoms. The zero-order chi connectivity index (χ0) is 12.8. The van der Waals surface area contributed by atoms with E-state index in [-0.39, 0.29) is 12.5 Å². The maximum Gasteiger partial charge on any atom is 0.231 e. The SMILES string of the molecule is COc1cc(CNCC(N)=O)c(OC)cc1C. The Labute approximate surface area is 101 Å². The normalized spacial score (nSPS) is 10.1. The molecule has 0 saturated carbocycles. The van der Waals surface area contributed by atoms with Crippen LogP contribution in [0.1, 0.15) is 11.1 Å². The van der Waals surface area contributed by atoms with Gasteiger partial charge < -0.3 is 20.5 Å². The lowest BCUT2D eigenvalue weighted by atomic mass is 10.1. The summed E-state index contributed by atoms with van der Waals surface area (Å²) in [4.78, 5) is 10.6. The van der Waals surface area contributed by atoms with Crippen LogP contribution in [0.2, 0.25) is 0 Å². The van der Waals surface area contributed by atoms with E-state index in [2.05, 4.69) is 5.32 Å². The van der Waals surface area contributed by atoms with Crippen LogP contribution in [0.5, 0.6) is 11.5 Å². The number of hydrogen-bond acceptors (Lipinski definition) is 4. The van der Waals surface area contributed by atoms with Crippen LogP contribution in [0.3, 0.4) is 0 Å². The lowest BCUT2D eigenvalue weighted by Gasteiger charge is -2.13. The first-order valence-electron chi connectivity index (χ1n) is 5.29. The summed E-state index contributed by atoms with van der Waals surface area (Å²) in [5.41, 5.74) is 6.98. The minimum atomic E-state index is -0.386. The van der Waals surface area contributed by atoms with E-state index in [4.69, 9.17) is 15.2 Å². The van der Waals surface area contributed by atoms with Crippen molar-refractivity contribution >= 4 is 5.91 Å². The van der Waals surface area contributed by atoms with Crippen LogP contribution in [0.4, 0.5) is 0 Å². The first-order valence-corrected chi connectivity index (χ1v) is 5.29. The number of ether oxygens (including phenoxy) is 2. The molecule has 1 rings (SSSR count). The fourth-order valence-corrected chi connectivity index (χ4v) is 1.57. The third-order valence-corrected chi connectivity index (χ3v) is 2.41. The van der Waals surface area contributed by atoms with Crippen LogP contribution in [0.25, 0.3) is 0 Å². The van der Waals surface area contributed by atoms with Crippen molar-refractivity contribution in [1.82, 2.24) is 5.32 Å². The Hall–Kier alpha value is -1.75. The van der Waals surface area contributed by atoms with Gasteiger partial charge in [-0.15, -0.1) is 0 Å². The number of aryl methyl sites for hydroxylation is 1. The lowest BCUT2D eigenvalue weighted by molar-refractivity contribution is -0.117. The zero-order valence-corrected chi connectivity index (χ0v) is 10.4. The van der Waals surface area contributed by atoms with Gasteiger partial charge in [-0.1, -0.05) is 0 Å². The molecule has 0 aliphatic rings. The van der Waals surface area contributed by atoms with Crippen LogP contribution in [-0.4, -0.2) is 26.7 Å². The number of primary amides is 1. The molecular weight excluding hydrogens is 220 g/mol. The van der Waals surface area contributed by atoms with Gasteiger partial charge in [0.25, 0.3) is 0 Å². The fraction of sp³-hybridized carbons (Fsp3) is 0.417. The number of amides is 1. The molecule has 0 bridgehead atoms. The van der Waals surface area contributed by atoms with Gasteiger partial charge in [0.1, 0.15) is 11.5 Å². The standard InChI is InChI=1S/C12H18N2O3/c1-8-4-11(17-3)9(5-10(8)16-2)6-14-7-12(13)15/h4-5,14H,6-7H2,1-3H3,(H2,13,15). The molecule has 94 valence electrons. The highest BCUT2D eigenvalue weighted by Crippen LogP contribution is 2.27. The molecule has 0 atom stereocenters. The van der Waals surface area contributed by atoms with Crippen molar-refractivity contribution in [2.45, 2.75) is 13.5 Å². The largest absolute Gasteiger partial charge is 0.496 e. The van der Waals surface area contributed by atoms with E-state index in [0.29, 0.717) is 6.54 Å². The van der Waals surface area contributed by atoms with Gasteiger partial charge in [-0.2, -0.15) is 0 Å². The maximum absolute atomic E-state index is 10.6. The Morgan fingerprint density at radius 2 is 1.94 bits per heavy atom. The third-order valence-electron chi connectivity index (χ3n) is 2.41. The van der Waals surface area contributed by atoms with E-state index in [1.807, 2.05) is 19.1 Å². The highest BCUT2D eigenvalue weighted by atomic mass is 16.5. The smallest absolute Gasteiger partial charge is 0.231 e. The monoisotopic (exact) mass is 238 g/mol. The summed E-state index contributed by atoms with van der Waals surface area (Å²) in [5.74, 6) is 1.17. The van der Waals surface area contributed by atoms with Crippen LogP contribution < -0.4 is 20.5 Å². The molecular formula is C12H18N2O3. The topological polar surface area (TPSA) is 73.6 Å². The van der Waals surface area contributed by atoms with Gasteiger partial charge in [0.2, 0.25) is 5.91 Å². The summed E-state index contributed by atoms with van der Waals surface area (Å²) in [6.07, 6.45) is 0. The van der Waals surface area contributed by atoms with Crippen molar-refractivity contribution in [3.63, 3.8) is 0 Å². The Morgan fingerprint density at radius 3 is 2.47 bits per heavy atom. The quantitative estimate of drug-likeness (QED) is 0.760. The van der Waals surface area contributed by atoms with E-state index < -0.39 is 0 Å². The summed E-state index contributed by atoms with van der Waals surface area (Å²) in [5, 5.41) is 2.94. The highest BCUT2D eigenvalue weighted by Gasteiger charge is 2.08. The molecule has 0 radical (unpaired) electrons. The minimum Gasteiger partial charge on any atom is -0.496 e. The van der Waals surface area contributed by atoms with Gasteiger partial charge in [0, 0.05) is 12.1 Å². The number of carbonyl (C=O) groups excluding carboxylic acids is 1. The second-order valence-corrected chi connectivity index (χ2v) is 3.70.